The van der Waals surface area contributed by atoms with Gasteiger partial charge < -0.3 is 20.3 Å². The number of nitrogens with two attached hydrogens (primary N) is 1. The highest BCUT2D eigenvalue weighted by atomic mass is 16.5. The van der Waals surface area contributed by atoms with Gasteiger partial charge >= 0.3 is 0 Å². The second-order valence-corrected chi connectivity index (χ2v) is 7.89. The standard InChI is InChI=1S/C19H33N3O3/c20-18(16-6-12-25-13-7-16)19(24)22-10-8-21(9-11-22)17(23)14-15-4-2-1-3-5-15/h15-16,18H,1-14,20H2. The van der Waals surface area contributed by atoms with Crippen molar-refractivity contribution in [1.82, 2.24) is 9.80 Å². The van der Waals surface area contributed by atoms with Gasteiger partial charge in [0.2, 0.25) is 11.8 Å². The maximum absolute atomic E-state index is 12.6. The summed E-state index contributed by atoms with van der Waals surface area (Å²) in [6.07, 6.45) is 8.68. The molecule has 0 aromatic rings. The number of carbonyl (C=O) groups is 2. The van der Waals surface area contributed by atoms with Crippen molar-refractivity contribution in [1.29, 1.82) is 0 Å². The van der Waals surface area contributed by atoms with E-state index in [0.717, 1.165) is 12.8 Å². The Kier molecular flexibility index (Phi) is 6.70. The third-order valence-electron chi connectivity index (χ3n) is 6.19. The van der Waals surface area contributed by atoms with Crippen LogP contribution in [0.15, 0.2) is 0 Å². The zero-order chi connectivity index (χ0) is 17.6. The highest BCUT2D eigenvalue weighted by molar-refractivity contribution is 5.82. The number of hydrogen-bond acceptors (Lipinski definition) is 4. The molecule has 1 saturated carbocycles. The first-order valence-corrected chi connectivity index (χ1v) is 10.0. The third kappa shape index (κ3) is 4.94. The summed E-state index contributed by atoms with van der Waals surface area (Å²) in [6, 6.07) is -0.423. The van der Waals surface area contributed by atoms with Crippen LogP contribution in [-0.2, 0) is 14.3 Å². The summed E-state index contributed by atoms with van der Waals surface area (Å²) in [5.41, 5.74) is 6.21. The summed E-state index contributed by atoms with van der Waals surface area (Å²) in [5, 5.41) is 0. The Hall–Kier alpha value is -1.14. The predicted molar refractivity (Wildman–Crippen MR) is 95.9 cm³/mol. The number of rotatable bonds is 4. The van der Waals surface area contributed by atoms with Gasteiger partial charge in [-0.05, 0) is 37.5 Å². The van der Waals surface area contributed by atoms with E-state index in [1.165, 1.54) is 32.1 Å². The molecule has 6 heteroatoms. The average Bonchev–Trinajstić information content (AvgIpc) is 2.68. The molecule has 0 spiro atoms. The number of carbonyl (C=O) groups excluding carboxylic acids is 2. The molecule has 1 aliphatic carbocycles. The molecule has 142 valence electrons. The largest absolute Gasteiger partial charge is 0.381 e. The van der Waals surface area contributed by atoms with E-state index in [2.05, 4.69) is 0 Å². The molecule has 0 radical (unpaired) electrons. The van der Waals surface area contributed by atoms with Crippen molar-refractivity contribution in [2.45, 2.75) is 57.4 Å². The molecular weight excluding hydrogens is 318 g/mol. The lowest BCUT2D eigenvalue weighted by molar-refractivity contribution is -0.142. The Labute approximate surface area is 151 Å². The van der Waals surface area contributed by atoms with E-state index in [0.29, 0.717) is 51.7 Å². The molecule has 1 atom stereocenters. The van der Waals surface area contributed by atoms with Crippen molar-refractivity contribution in [2.24, 2.45) is 17.6 Å². The van der Waals surface area contributed by atoms with E-state index in [1.807, 2.05) is 9.80 Å². The molecule has 1 unspecified atom stereocenters. The van der Waals surface area contributed by atoms with Crippen molar-refractivity contribution in [3.63, 3.8) is 0 Å². The molecule has 2 saturated heterocycles. The van der Waals surface area contributed by atoms with Crippen molar-refractivity contribution in [3.8, 4) is 0 Å². The van der Waals surface area contributed by atoms with E-state index >= 15 is 0 Å². The second-order valence-electron chi connectivity index (χ2n) is 7.89. The van der Waals surface area contributed by atoms with E-state index < -0.39 is 6.04 Å². The van der Waals surface area contributed by atoms with Crippen LogP contribution >= 0.6 is 0 Å². The molecule has 3 aliphatic rings. The minimum atomic E-state index is -0.423. The molecule has 2 aliphatic heterocycles. The summed E-state index contributed by atoms with van der Waals surface area (Å²) in [7, 11) is 0. The first kappa shape index (κ1) is 18.6. The second kappa shape index (κ2) is 8.99. The lowest BCUT2D eigenvalue weighted by Crippen LogP contribution is -2.56. The molecule has 2 amide bonds. The highest BCUT2D eigenvalue weighted by Gasteiger charge is 2.32. The lowest BCUT2D eigenvalue weighted by Gasteiger charge is -2.38. The van der Waals surface area contributed by atoms with Crippen molar-refractivity contribution >= 4 is 11.8 Å². The molecule has 2 heterocycles. The number of hydrogen-bond donors (Lipinski definition) is 1. The monoisotopic (exact) mass is 351 g/mol. The van der Waals surface area contributed by atoms with Crippen LogP contribution in [-0.4, -0.2) is 67.0 Å². The average molecular weight is 351 g/mol. The Bertz CT molecular complexity index is 451. The SMILES string of the molecule is NC(C(=O)N1CCN(C(=O)CC2CCCCC2)CC1)C1CCOCC1. The fraction of sp³-hybridized carbons (Fsp3) is 0.895. The maximum Gasteiger partial charge on any atom is 0.239 e. The van der Waals surface area contributed by atoms with E-state index in [4.69, 9.17) is 10.5 Å². The fourth-order valence-corrected chi connectivity index (χ4v) is 4.43. The summed E-state index contributed by atoms with van der Waals surface area (Å²) in [4.78, 5) is 28.9. The quantitative estimate of drug-likeness (QED) is 0.830. The van der Waals surface area contributed by atoms with Crippen LogP contribution in [0.25, 0.3) is 0 Å². The normalized spacial score (nSPS) is 25.0. The van der Waals surface area contributed by atoms with E-state index in [1.54, 1.807) is 0 Å². The van der Waals surface area contributed by atoms with Gasteiger partial charge in [-0.25, -0.2) is 0 Å². The highest BCUT2D eigenvalue weighted by Crippen LogP contribution is 2.27. The van der Waals surface area contributed by atoms with Gasteiger partial charge in [0, 0.05) is 45.8 Å². The zero-order valence-corrected chi connectivity index (χ0v) is 15.3. The Morgan fingerprint density at radius 3 is 2.16 bits per heavy atom. The number of ether oxygens (including phenoxy) is 1. The fourth-order valence-electron chi connectivity index (χ4n) is 4.43. The van der Waals surface area contributed by atoms with Crippen LogP contribution in [0.1, 0.15) is 51.4 Å². The van der Waals surface area contributed by atoms with Gasteiger partial charge in [-0.1, -0.05) is 19.3 Å². The van der Waals surface area contributed by atoms with Gasteiger partial charge in [-0.2, -0.15) is 0 Å². The summed E-state index contributed by atoms with van der Waals surface area (Å²) in [6.45, 7) is 3.94. The first-order chi connectivity index (χ1) is 12.1. The lowest BCUT2D eigenvalue weighted by atomic mass is 9.86. The summed E-state index contributed by atoms with van der Waals surface area (Å²) < 4.78 is 5.35. The smallest absolute Gasteiger partial charge is 0.239 e. The first-order valence-electron chi connectivity index (χ1n) is 10.0. The van der Waals surface area contributed by atoms with Gasteiger partial charge in [0.25, 0.3) is 0 Å². The van der Waals surface area contributed by atoms with Crippen LogP contribution in [0.4, 0.5) is 0 Å². The minimum Gasteiger partial charge on any atom is -0.381 e. The third-order valence-corrected chi connectivity index (χ3v) is 6.19. The van der Waals surface area contributed by atoms with E-state index in [9.17, 15) is 9.59 Å². The van der Waals surface area contributed by atoms with E-state index in [-0.39, 0.29) is 17.7 Å². The Morgan fingerprint density at radius 2 is 1.52 bits per heavy atom. The van der Waals surface area contributed by atoms with Gasteiger partial charge in [0.15, 0.2) is 0 Å². The minimum absolute atomic E-state index is 0.0475. The Balaban J connectivity index is 1.42. The van der Waals surface area contributed by atoms with Crippen molar-refractivity contribution < 1.29 is 14.3 Å². The van der Waals surface area contributed by atoms with Crippen LogP contribution in [0.5, 0.6) is 0 Å². The van der Waals surface area contributed by atoms with Gasteiger partial charge in [0.05, 0.1) is 6.04 Å². The summed E-state index contributed by atoms with van der Waals surface area (Å²) >= 11 is 0. The topological polar surface area (TPSA) is 75.9 Å². The zero-order valence-electron chi connectivity index (χ0n) is 15.3. The summed E-state index contributed by atoms with van der Waals surface area (Å²) in [5.74, 6) is 1.12. The number of piperazine rings is 1. The van der Waals surface area contributed by atoms with Gasteiger partial charge in [0.1, 0.15) is 0 Å². The molecule has 6 nitrogen and oxygen atoms in total. The molecule has 3 rings (SSSR count). The Morgan fingerprint density at radius 1 is 0.920 bits per heavy atom. The number of amides is 2. The van der Waals surface area contributed by atoms with Crippen molar-refractivity contribution in [2.75, 3.05) is 39.4 Å². The van der Waals surface area contributed by atoms with Crippen LogP contribution in [0.2, 0.25) is 0 Å². The predicted octanol–water partition coefficient (Wildman–Crippen LogP) is 1.38. The van der Waals surface area contributed by atoms with Crippen molar-refractivity contribution in [3.05, 3.63) is 0 Å². The van der Waals surface area contributed by atoms with Gasteiger partial charge in [-0.15, -0.1) is 0 Å². The van der Waals surface area contributed by atoms with Crippen LogP contribution in [0.3, 0.4) is 0 Å². The molecular formula is C19H33N3O3. The molecule has 0 aromatic carbocycles. The van der Waals surface area contributed by atoms with Crippen LogP contribution < -0.4 is 5.73 Å². The number of nitrogens with zero attached hydrogens (tertiary/aromatic N) is 2. The molecule has 2 N–H and O–H groups in total. The molecule has 3 fully saturated rings. The van der Waals surface area contributed by atoms with Crippen LogP contribution in [0, 0.1) is 11.8 Å². The van der Waals surface area contributed by atoms with Gasteiger partial charge in [-0.3, -0.25) is 9.59 Å². The molecule has 0 aromatic heterocycles. The molecule has 0 bridgehead atoms. The maximum atomic E-state index is 12.6. The molecule has 25 heavy (non-hydrogen) atoms.